The SMILES string of the molecule is C=CCC1CCC(C(C)(C)C)C2CCCCC12. The molecular formula is C17H30. The summed E-state index contributed by atoms with van der Waals surface area (Å²) in [5, 5.41) is 0. The summed E-state index contributed by atoms with van der Waals surface area (Å²) in [4.78, 5) is 0. The summed E-state index contributed by atoms with van der Waals surface area (Å²) in [5.74, 6) is 3.95. The van der Waals surface area contributed by atoms with Gasteiger partial charge < -0.3 is 0 Å². The number of rotatable bonds is 2. The van der Waals surface area contributed by atoms with Gasteiger partial charge in [-0.05, 0) is 61.2 Å². The average Bonchev–Trinajstić information content (AvgIpc) is 2.28. The Balaban J connectivity index is 2.13. The highest BCUT2D eigenvalue weighted by atomic mass is 14.5. The molecule has 0 nitrogen and oxygen atoms in total. The van der Waals surface area contributed by atoms with Crippen molar-refractivity contribution in [3.8, 4) is 0 Å². The van der Waals surface area contributed by atoms with Crippen molar-refractivity contribution in [2.75, 3.05) is 0 Å². The van der Waals surface area contributed by atoms with Crippen LogP contribution >= 0.6 is 0 Å². The molecule has 17 heavy (non-hydrogen) atoms. The minimum Gasteiger partial charge on any atom is -0.103 e. The Kier molecular flexibility index (Phi) is 4.00. The van der Waals surface area contributed by atoms with E-state index in [-0.39, 0.29) is 0 Å². The monoisotopic (exact) mass is 234 g/mol. The van der Waals surface area contributed by atoms with Gasteiger partial charge in [-0.25, -0.2) is 0 Å². The Labute approximate surface area is 108 Å². The lowest BCUT2D eigenvalue weighted by Gasteiger charge is -2.50. The smallest absolute Gasteiger partial charge is 0.0322 e. The van der Waals surface area contributed by atoms with E-state index in [0.717, 1.165) is 23.7 Å². The molecule has 2 saturated carbocycles. The largest absolute Gasteiger partial charge is 0.103 e. The number of hydrogen-bond donors (Lipinski definition) is 0. The lowest BCUT2D eigenvalue weighted by Crippen LogP contribution is -2.42. The van der Waals surface area contributed by atoms with Crippen LogP contribution in [0.15, 0.2) is 12.7 Å². The normalized spacial score (nSPS) is 38.5. The molecule has 0 amide bonds. The molecule has 4 atom stereocenters. The molecule has 0 aliphatic heterocycles. The van der Waals surface area contributed by atoms with Gasteiger partial charge in [0.05, 0.1) is 0 Å². The summed E-state index contributed by atoms with van der Waals surface area (Å²) in [6.45, 7) is 11.3. The second-order valence-electron chi connectivity index (χ2n) is 7.45. The maximum atomic E-state index is 3.96. The van der Waals surface area contributed by atoms with Crippen molar-refractivity contribution >= 4 is 0 Å². The second kappa shape index (κ2) is 5.16. The van der Waals surface area contributed by atoms with Crippen molar-refractivity contribution in [3.63, 3.8) is 0 Å². The molecule has 0 N–H and O–H groups in total. The van der Waals surface area contributed by atoms with Crippen LogP contribution < -0.4 is 0 Å². The maximum Gasteiger partial charge on any atom is -0.0322 e. The third kappa shape index (κ3) is 2.77. The highest BCUT2D eigenvalue weighted by Gasteiger charge is 2.43. The van der Waals surface area contributed by atoms with E-state index >= 15 is 0 Å². The fourth-order valence-corrected chi connectivity index (χ4v) is 4.68. The van der Waals surface area contributed by atoms with Gasteiger partial charge in [-0.1, -0.05) is 39.7 Å². The van der Waals surface area contributed by atoms with E-state index in [9.17, 15) is 0 Å². The van der Waals surface area contributed by atoms with E-state index in [1.165, 1.54) is 44.9 Å². The molecule has 0 heterocycles. The predicted molar refractivity (Wildman–Crippen MR) is 75.9 cm³/mol. The van der Waals surface area contributed by atoms with Gasteiger partial charge in [-0.2, -0.15) is 0 Å². The summed E-state index contributed by atoms with van der Waals surface area (Å²) in [6.07, 6.45) is 12.3. The van der Waals surface area contributed by atoms with Gasteiger partial charge in [0.2, 0.25) is 0 Å². The standard InChI is InChI=1S/C17H30/c1-5-8-13-11-12-16(17(2,3)4)15-10-7-6-9-14(13)15/h5,13-16H,1,6-12H2,2-4H3. The number of fused-ring (bicyclic) bond motifs is 1. The molecule has 2 aliphatic carbocycles. The van der Waals surface area contributed by atoms with Crippen molar-refractivity contribution in [1.82, 2.24) is 0 Å². The zero-order valence-electron chi connectivity index (χ0n) is 12.0. The molecular weight excluding hydrogens is 204 g/mol. The van der Waals surface area contributed by atoms with Gasteiger partial charge in [0.15, 0.2) is 0 Å². The van der Waals surface area contributed by atoms with Crippen molar-refractivity contribution < 1.29 is 0 Å². The second-order valence-corrected chi connectivity index (χ2v) is 7.45. The highest BCUT2D eigenvalue weighted by Crippen LogP contribution is 2.52. The Morgan fingerprint density at radius 2 is 1.65 bits per heavy atom. The zero-order valence-corrected chi connectivity index (χ0v) is 12.0. The Hall–Kier alpha value is -0.260. The molecule has 0 bridgehead atoms. The number of hydrogen-bond acceptors (Lipinski definition) is 0. The highest BCUT2D eigenvalue weighted by molar-refractivity contribution is 4.95. The predicted octanol–water partition coefficient (Wildman–Crippen LogP) is 5.44. The molecule has 4 unspecified atom stereocenters. The van der Waals surface area contributed by atoms with Crippen LogP contribution in [0.4, 0.5) is 0 Å². The quantitative estimate of drug-likeness (QED) is 0.558. The Bertz CT molecular complexity index is 258. The molecule has 0 aromatic carbocycles. The van der Waals surface area contributed by atoms with Crippen LogP contribution in [-0.4, -0.2) is 0 Å². The van der Waals surface area contributed by atoms with Crippen LogP contribution in [0.1, 0.15) is 65.7 Å². The van der Waals surface area contributed by atoms with Crippen LogP contribution in [0.3, 0.4) is 0 Å². The topological polar surface area (TPSA) is 0 Å². The minimum absolute atomic E-state index is 0.513. The molecule has 0 saturated heterocycles. The maximum absolute atomic E-state index is 3.96. The molecule has 2 rings (SSSR count). The molecule has 0 spiro atoms. The summed E-state index contributed by atoms with van der Waals surface area (Å²) in [7, 11) is 0. The van der Waals surface area contributed by atoms with E-state index in [0.29, 0.717) is 5.41 Å². The van der Waals surface area contributed by atoms with Gasteiger partial charge in [0, 0.05) is 0 Å². The first-order valence-electron chi connectivity index (χ1n) is 7.65. The Morgan fingerprint density at radius 3 is 2.24 bits per heavy atom. The van der Waals surface area contributed by atoms with Crippen molar-refractivity contribution in [1.29, 1.82) is 0 Å². The molecule has 0 heteroatoms. The summed E-state index contributed by atoms with van der Waals surface area (Å²) >= 11 is 0. The van der Waals surface area contributed by atoms with Crippen LogP contribution in [0.25, 0.3) is 0 Å². The summed E-state index contributed by atoms with van der Waals surface area (Å²) in [6, 6.07) is 0. The van der Waals surface area contributed by atoms with E-state index in [1.807, 2.05) is 0 Å². The number of allylic oxidation sites excluding steroid dienone is 1. The fourth-order valence-electron chi connectivity index (χ4n) is 4.68. The van der Waals surface area contributed by atoms with Gasteiger partial charge >= 0.3 is 0 Å². The van der Waals surface area contributed by atoms with Gasteiger partial charge in [-0.15, -0.1) is 6.58 Å². The average molecular weight is 234 g/mol. The van der Waals surface area contributed by atoms with Gasteiger partial charge in [0.25, 0.3) is 0 Å². The first-order chi connectivity index (χ1) is 8.04. The molecule has 0 radical (unpaired) electrons. The molecule has 0 aromatic rings. The lowest BCUT2D eigenvalue weighted by atomic mass is 9.55. The molecule has 2 aliphatic rings. The zero-order chi connectivity index (χ0) is 12.5. The van der Waals surface area contributed by atoms with Crippen molar-refractivity contribution in [2.45, 2.75) is 65.7 Å². The summed E-state index contributed by atoms with van der Waals surface area (Å²) in [5.41, 5.74) is 0.513. The van der Waals surface area contributed by atoms with Crippen LogP contribution in [0.2, 0.25) is 0 Å². The van der Waals surface area contributed by atoms with E-state index in [1.54, 1.807) is 0 Å². The first-order valence-corrected chi connectivity index (χ1v) is 7.65. The fraction of sp³-hybridized carbons (Fsp3) is 0.882. The van der Waals surface area contributed by atoms with Crippen LogP contribution in [0.5, 0.6) is 0 Å². The van der Waals surface area contributed by atoms with Gasteiger partial charge in [-0.3, -0.25) is 0 Å². The Morgan fingerprint density at radius 1 is 1.00 bits per heavy atom. The summed E-state index contributed by atoms with van der Waals surface area (Å²) < 4.78 is 0. The van der Waals surface area contributed by atoms with Crippen molar-refractivity contribution in [3.05, 3.63) is 12.7 Å². The van der Waals surface area contributed by atoms with Crippen molar-refractivity contribution in [2.24, 2.45) is 29.1 Å². The molecule has 0 aromatic heterocycles. The third-order valence-corrected chi connectivity index (χ3v) is 5.43. The van der Waals surface area contributed by atoms with Crippen LogP contribution in [0, 0.1) is 29.1 Å². The first kappa shape index (κ1) is 13.2. The lowest BCUT2D eigenvalue weighted by molar-refractivity contribution is -0.00252. The van der Waals surface area contributed by atoms with E-state index < -0.39 is 0 Å². The molecule has 2 fully saturated rings. The van der Waals surface area contributed by atoms with E-state index in [4.69, 9.17) is 0 Å². The van der Waals surface area contributed by atoms with Crippen LogP contribution in [-0.2, 0) is 0 Å². The third-order valence-electron chi connectivity index (χ3n) is 5.43. The molecule has 98 valence electrons. The minimum atomic E-state index is 0.513. The van der Waals surface area contributed by atoms with E-state index in [2.05, 4.69) is 33.4 Å². The van der Waals surface area contributed by atoms with Gasteiger partial charge in [0.1, 0.15) is 0 Å².